The number of alkyl halides is 1. The van der Waals surface area contributed by atoms with Crippen molar-refractivity contribution >= 4 is 17.6 Å². The van der Waals surface area contributed by atoms with Gasteiger partial charge in [0.25, 0.3) is 0 Å². The molecular weight excluding hydrogens is 212 g/mol. The van der Waals surface area contributed by atoms with Crippen molar-refractivity contribution < 1.29 is 9.53 Å². The van der Waals surface area contributed by atoms with E-state index in [0.717, 1.165) is 25.1 Å². The fraction of sp³-hybridized carbons (Fsp3) is 0.750. The van der Waals surface area contributed by atoms with E-state index in [1.165, 1.54) is 38.9 Å². The minimum absolute atomic E-state index is 0.267. The molecular formula is C12H21ClO2. The van der Waals surface area contributed by atoms with Crippen molar-refractivity contribution in [2.45, 2.75) is 44.9 Å². The second-order valence-corrected chi connectivity index (χ2v) is 3.90. The van der Waals surface area contributed by atoms with Gasteiger partial charge in [-0.3, -0.25) is 0 Å². The molecule has 15 heavy (non-hydrogen) atoms. The van der Waals surface area contributed by atoms with Crippen molar-refractivity contribution in [2.24, 2.45) is 0 Å². The second kappa shape index (κ2) is 11.6. The summed E-state index contributed by atoms with van der Waals surface area (Å²) in [6.45, 7) is 0. The van der Waals surface area contributed by atoms with E-state index < -0.39 is 0 Å². The minimum atomic E-state index is -0.267. The summed E-state index contributed by atoms with van der Waals surface area (Å²) in [5.74, 6) is 0.513. The summed E-state index contributed by atoms with van der Waals surface area (Å²) in [7, 11) is 1.39. The Morgan fingerprint density at radius 2 is 1.73 bits per heavy atom. The Labute approximate surface area is 97.6 Å². The maximum absolute atomic E-state index is 10.7. The van der Waals surface area contributed by atoms with Gasteiger partial charge in [0, 0.05) is 12.0 Å². The molecule has 0 saturated carbocycles. The van der Waals surface area contributed by atoms with Crippen LogP contribution < -0.4 is 0 Å². The molecule has 3 heteroatoms. The fourth-order valence-corrected chi connectivity index (χ4v) is 1.50. The molecule has 0 fully saturated rings. The maximum atomic E-state index is 10.7. The Morgan fingerprint density at radius 3 is 2.33 bits per heavy atom. The summed E-state index contributed by atoms with van der Waals surface area (Å²) in [4.78, 5) is 10.7. The number of ether oxygens (including phenoxy) is 1. The zero-order chi connectivity index (χ0) is 11.4. The number of carbonyl (C=O) groups is 1. The first-order chi connectivity index (χ1) is 7.31. The highest BCUT2D eigenvalue weighted by Gasteiger charge is 1.91. The van der Waals surface area contributed by atoms with Gasteiger partial charge in [0.15, 0.2) is 0 Å². The van der Waals surface area contributed by atoms with Crippen molar-refractivity contribution in [1.82, 2.24) is 0 Å². The highest BCUT2D eigenvalue weighted by molar-refractivity contribution is 6.17. The lowest BCUT2D eigenvalue weighted by molar-refractivity contribution is -0.134. The van der Waals surface area contributed by atoms with Crippen LogP contribution in [0.5, 0.6) is 0 Å². The average Bonchev–Trinajstić information content (AvgIpc) is 2.26. The van der Waals surface area contributed by atoms with Gasteiger partial charge in [-0.1, -0.05) is 31.8 Å². The van der Waals surface area contributed by atoms with Crippen LogP contribution in [-0.4, -0.2) is 19.0 Å². The molecule has 0 amide bonds. The van der Waals surface area contributed by atoms with Gasteiger partial charge in [-0.15, -0.1) is 11.6 Å². The van der Waals surface area contributed by atoms with E-state index in [9.17, 15) is 4.79 Å². The quantitative estimate of drug-likeness (QED) is 0.262. The lowest BCUT2D eigenvalue weighted by Crippen LogP contribution is -1.93. The molecule has 0 bridgehead atoms. The maximum Gasteiger partial charge on any atom is 0.330 e. The lowest BCUT2D eigenvalue weighted by Gasteiger charge is -1.98. The van der Waals surface area contributed by atoms with Gasteiger partial charge < -0.3 is 4.74 Å². The first-order valence-electron chi connectivity index (χ1n) is 5.61. The van der Waals surface area contributed by atoms with Crippen LogP contribution in [0.2, 0.25) is 0 Å². The summed E-state index contributed by atoms with van der Waals surface area (Å²) < 4.78 is 4.48. The molecule has 0 aromatic rings. The molecule has 0 aliphatic rings. The van der Waals surface area contributed by atoms with Crippen LogP contribution in [-0.2, 0) is 9.53 Å². The zero-order valence-electron chi connectivity index (χ0n) is 9.51. The molecule has 0 spiro atoms. The first kappa shape index (κ1) is 14.5. The van der Waals surface area contributed by atoms with Crippen LogP contribution in [0.15, 0.2) is 12.2 Å². The Morgan fingerprint density at radius 1 is 1.13 bits per heavy atom. The smallest absolute Gasteiger partial charge is 0.330 e. The number of unbranched alkanes of at least 4 members (excludes halogenated alkanes) is 6. The highest BCUT2D eigenvalue weighted by atomic mass is 35.5. The van der Waals surface area contributed by atoms with Crippen LogP contribution in [0.3, 0.4) is 0 Å². The first-order valence-corrected chi connectivity index (χ1v) is 6.15. The van der Waals surface area contributed by atoms with Gasteiger partial charge >= 0.3 is 5.97 Å². The largest absolute Gasteiger partial charge is 0.466 e. The van der Waals surface area contributed by atoms with Crippen molar-refractivity contribution in [3.05, 3.63) is 12.2 Å². The van der Waals surface area contributed by atoms with E-state index in [4.69, 9.17) is 11.6 Å². The Balaban J connectivity index is 3.11. The lowest BCUT2D eigenvalue weighted by atomic mass is 10.1. The molecule has 0 radical (unpaired) electrons. The van der Waals surface area contributed by atoms with Crippen LogP contribution in [0.1, 0.15) is 44.9 Å². The molecule has 0 atom stereocenters. The predicted molar refractivity (Wildman–Crippen MR) is 64.2 cm³/mol. The minimum Gasteiger partial charge on any atom is -0.466 e. The van der Waals surface area contributed by atoms with E-state index in [2.05, 4.69) is 4.74 Å². The van der Waals surface area contributed by atoms with E-state index in [0.29, 0.717) is 0 Å². The normalized spacial score (nSPS) is 10.8. The summed E-state index contributed by atoms with van der Waals surface area (Å²) in [5.41, 5.74) is 0. The number of hydrogen-bond donors (Lipinski definition) is 0. The molecule has 0 unspecified atom stereocenters. The third-order valence-electron chi connectivity index (χ3n) is 2.21. The van der Waals surface area contributed by atoms with Crippen molar-refractivity contribution in [3.63, 3.8) is 0 Å². The molecule has 0 rings (SSSR count). The third-order valence-corrected chi connectivity index (χ3v) is 2.48. The number of allylic oxidation sites excluding steroid dienone is 1. The SMILES string of the molecule is COC(=O)C=CCCCCCCCCCl. The number of esters is 1. The van der Waals surface area contributed by atoms with Crippen LogP contribution in [0, 0.1) is 0 Å². The molecule has 88 valence electrons. The molecule has 0 saturated heterocycles. The summed E-state index contributed by atoms with van der Waals surface area (Å²) in [6.07, 6.45) is 11.6. The molecule has 0 aromatic carbocycles. The molecule has 0 heterocycles. The molecule has 0 N–H and O–H groups in total. The van der Waals surface area contributed by atoms with Gasteiger partial charge in [0.1, 0.15) is 0 Å². The molecule has 0 aliphatic heterocycles. The number of hydrogen-bond acceptors (Lipinski definition) is 2. The van der Waals surface area contributed by atoms with Crippen molar-refractivity contribution in [2.75, 3.05) is 13.0 Å². The second-order valence-electron chi connectivity index (χ2n) is 3.52. The number of rotatable bonds is 9. The monoisotopic (exact) mass is 232 g/mol. The van der Waals surface area contributed by atoms with Crippen LogP contribution in [0.4, 0.5) is 0 Å². The fourth-order valence-electron chi connectivity index (χ4n) is 1.31. The topological polar surface area (TPSA) is 26.3 Å². The van der Waals surface area contributed by atoms with E-state index in [1.807, 2.05) is 6.08 Å². The summed E-state index contributed by atoms with van der Waals surface area (Å²) >= 11 is 5.57. The number of carbonyl (C=O) groups excluding carboxylic acids is 1. The van der Waals surface area contributed by atoms with Gasteiger partial charge in [0.2, 0.25) is 0 Å². The summed E-state index contributed by atoms with van der Waals surface area (Å²) in [6, 6.07) is 0. The van der Waals surface area contributed by atoms with E-state index in [1.54, 1.807) is 0 Å². The van der Waals surface area contributed by atoms with Crippen LogP contribution >= 0.6 is 11.6 Å². The molecule has 0 aromatic heterocycles. The average molecular weight is 233 g/mol. The van der Waals surface area contributed by atoms with Crippen molar-refractivity contribution in [3.8, 4) is 0 Å². The Kier molecular flexibility index (Phi) is 11.2. The molecule has 0 aliphatic carbocycles. The Hall–Kier alpha value is -0.500. The van der Waals surface area contributed by atoms with Crippen LogP contribution in [0.25, 0.3) is 0 Å². The summed E-state index contributed by atoms with van der Waals surface area (Å²) in [5, 5.41) is 0. The predicted octanol–water partition coefficient (Wildman–Crippen LogP) is 3.69. The van der Waals surface area contributed by atoms with Crippen molar-refractivity contribution in [1.29, 1.82) is 0 Å². The van der Waals surface area contributed by atoms with Gasteiger partial charge in [-0.2, -0.15) is 0 Å². The number of methoxy groups -OCH3 is 1. The number of halogens is 1. The van der Waals surface area contributed by atoms with E-state index >= 15 is 0 Å². The zero-order valence-corrected chi connectivity index (χ0v) is 10.3. The van der Waals surface area contributed by atoms with Gasteiger partial charge in [0.05, 0.1) is 7.11 Å². The van der Waals surface area contributed by atoms with Gasteiger partial charge in [-0.05, 0) is 19.3 Å². The molecule has 2 nitrogen and oxygen atoms in total. The highest BCUT2D eigenvalue weighted by Crippen LogP contribution is 2.07. The standard InChI is InChI=1S/C12H21ClO2/c1-15-12(14)10-8-6-4-2-3-5-7-9-11-13/h8,10H,2-7,9,11H2,1H3. The Bertz CT molecular complexity index is 178. The van der Waals surface area contributed by atoms with E-state index in [-0.39, 0.29) is 5.97 Å². The van der Waals surface area contributed by atoms with Gasteiger partial charge in [-0.25, -0.2) is 4.79 Å². The third kappa shape index (κ3) is 11.4.